The number of benzene rings is 1. The summed E-state index contributed by atoms with van der Waals surface area (Å²) in [5, 5.41) is 3.37. The van der Waals surface area contributed by atoms with E-state index in [0.717, 1.165) is 42.2 Å². The van der Waals surface area contributed by atoms with Crippen molar-refractivity contribution in [3.05, 3.63) is 61.2 Å². The molecule has 1 aromatic carbocycles. The van der Waals surface area contributed by atoms with Gasteiger partial charge < -0.3 is 15.0 Å². The number of nitrogens with one attached hydrogen (secondary N) is 2. The zero-order chi connectivity index (χ0) is 18.2. The maximum Gasteiger partial charge on any atom is 0.128 e. The molecule has 0 spiro atoms. The molecule has 26 heavy (non-hydrogen) atoms. The molecule has 0 saturated heterocycles. The number of hydrogen-bond acceptors (Lipinski definition) is 4. The molecule has 0 fully saturated rings. The molecule has 0 unspecified atom stereocenters. The third-order valence-electron chi connectivity index (χ3n) is 4.48. The summed E-state index contributed by atoms with van der Waals surface area (Å²) in [7, 11) is 0. The first-order valence-electron chi connectivity index (χ1n) is 9.00. The third kappa shape index (κ3) is 5.09. The van der Waals surface area contributed by atoms with Crippen LogP contribution in [-0.2, 0) is 0 Å². The topological polar surface area (TPSA) is 62.8 Å². The summed E-state index contributed by atoms with van der Waals surface area (Å²) in [5.74, 6) is 1.81. The lowest BCUT2D eigenvalue weighted by Crippen LogP contribution is -2.20. The van der Waals surface area contributed by atoms with Gasteiger partial charge in [0.2, 0.25) is 0 Å². The number of anilines is 1. The van der Waals surface area contributed by atoms with Gasteiger partial charge >= 0.3 is 0 Å². The predicted molar refractivity (Wildman–Crippen MR) is 105 cm³/mol. The highest BCUT2D eigenvalue weighted by Crippen LogP contribution is 2.30. The van der Waals surface area contributed by atoms with Crippen LogP contribution in [0.2, 0.25) is 0 Å². The number of H-pyrrole nitrogens is 1. The van der Waals surface area contributed by atoms with E-state index >= 15 is 0 Å². The Morgan fingerprint density at radius 1 is 1.08 bits per heavy atom. The van der Waals surface area contributed by atoms with Crippen LogP contribution in [0, 0.1) is 5.41 Å². The number of pyridine rings is 1. The molecule has 5 nitrogen and oxygen atoms in total. The Kier molecular flexibility index (Phi) is 5.89. The maximum absolute atomic E-state index is 6.08. The van der Waals surface area contributed by atoms with Crippen molar-refractivity contribution < 1.29 is 4.74 Å². The largest absolute Gasteiger partial charge is 0.493 e. The molecule has 0 saturated carbocycles. The van der Waals surface area contributed by atoms with Crippen molar-refractivity contribution in [2.75, 3.05) is 18.5 Å². The van der Waals surface area contributed by atoms with Crippen molar-refractivity contribution in [1.82, 2.24) is 15.0 Å². The van der Waals surface area contributed by atoms with Crippen LogP contribution >= 0.6 is 0 Å². The maximum atomic E-state index is 6.08. The van der Waals surface area contributed by atoms with Crippen LogP contribution in [-0.4, -0.2) is 28.1 Å². The lowest BCUT2D eigenvalue weighted by molar-refractivity contribution is 0.221. The molecule has 3 rings (SSSR count). The lowest BCUT2D eigenvalue weighted by Gasteiger charge is -2.25. The molecule has 0 atom stereocenters. The number of aromatic nitrogens is 3. The van der Waals surface area contributed by atoms with Crippen molar-refractivity contribution in [3.8, 4) is 17.0 Å². The normalized spacial score (nSPS) is 11.3. The zero-order valence-corrected chi connectivity index (χ0v) is 15.4. The fraction of sp³-hybridized carbons (Fsp3) is 0.333. The molecule has 0 radical (unpaired) electrons. The lowest BCUT2D eigenvalue weighted by atomic mass is 9.86. The quantitative estimate of drug-likeness (QED) is 0.583. The highest BCUT2D eigenvalue weighted by molar-refractivity contribution is 5.66. The minimum absolute atomic E-state index is 0.185. The molecule has 2 aromatic heterocycles. The number of hydrogen-bond donors (Lipinski definition) is 2. The number of aromatic amines is 1. The van der Waals surface area contributed by atoms with Crippen molar-refractivity contribution >= 4 is 5.82 Å². The molecule has 3 aromatic rings. The first kappa shape index (κ1) is 18.0. The van der Waals surface area contributed by atoms with E-state index < -0.39 is 0 Å². The van der Waals surface area contributed by atoms with Crippen LogP contribution in [0.3, 0.4) is 0 Å². The average molecular weight is 350 g/mol. The standard InChI is InChI=1S/C21H26N4O/c1-21(2,10-13-24-20-9-5-6-12-23-20)11-14-26-19-8-4-3-7-17(19)18-15-22-16-25-18/h3-9,12,15-16H,10-11,13-14H2,1-2H3,(H,22,25)(H,23,24). The molecular formula is C21H26N4O. The highest BCUT2D eigenvalue weighted by Gasteiger charge is 2.18. The van der Waals surface area contributed by atoms with Crippen LogP contribution in [0.25, 0.3) is 11.3 Å². The van der Waals surface area contributed by atoms with Gasteiger partial charge in [0, 0.05) is 18.3 Å². The van der Waals surface area contributed by atoms with E-state index in [1.165, 1.54) is 0 Å². The molecule has 2 N–H and O–H groups in total. The molecule has 5 heteroatoms. The SMILES string of the molecule is CC(C)(CCNc1ccccn1)CCOc1ccccc1-c1cnc[nH]1. The average Bonchev–Trinajstić information content (AvgIpc) is 3.17. The van der Waals surface area contributed by atoms with Gasteiger partial charge in [-0.2, -0.15) is 0 Å². The summed E-state index contributed by atoms with van der Waals surface area (Å²) in [4.78, 5) is 11.5. The molecule has 0 aliphatic heterocycles. The van der Waals surface area contributed by atoms with Gasteiger partial charge in [-0.3, -0.25) is 0 Å². The van der Waals surface area contributed by atoms with Gasteiger partial charge in [0.25, 0.3) is 0 Å². The van der Waals surface area contributed by atoms with Crippen LogP contribution in [0.15, 0.2) is 61.2 Å². The summed E-state index contributed by atoms with van der Waals surface area (Å²) in [6.45, 7) is 6.13. The molecular weight excluding hydrogens is 324 g/mol. The van der Waals surface area contributed by atoms with Gasteiger partial charge in [-0.15, -0.1) is 0 Å². The van der Waals surface area contributed by atoms with Crippen molar-refractivity contribution in [2.45, 2.75) is 26.7 Å². The Balaban J connectivity index is 1.48. The Morgan fingerprint density at radius 2 is 1.92 bits per heavy atom. The number of para-hydroxylation sites is 1. The molecule has 136 valence electrons. The second-order valence-corrected chi connectivity index (χ2v) is 7.12. The number of rotatable bonds is 9. The Bertz CT molecular complexity index is 785. The fourth-order valence-electron chi connectivity index (χ4n) is 2.78. The van der Waals surface area contributed by atoms with Gasteiger partial charge in [0.1, 0.15) is 11.6 Å². The third-order valence-corrected chi connectivity index (χ3v) is 4.48. The van der Waals surface area contributed by atoms with Gasteiger partial charge in [0.15, 0.2) is 0 Å². The van der Waals surface area contributed by atoms with Gasteiger partial charge in [0.05, 0.1) is 24.8 Å². The Morgan fingerprint density at radius 3 is 2.69 bits per heavy atom. The zero-order valence-electron chi connectivity index (χ0n) is 15.4. The van der Waals surface area contributed by atoms with E-state index in [9.17, 15) is 0 Å². The smallest absolute Gasteiger partial charge is 0.128 e. The monoisotopic (exact) mass is 350 g/mol. The summed E-state index contributed by atoms with van der Waals surface area (Å²) < 4.78 is 6.08. The first-order chi connectivity index (χ1) is 12.6. The minimum atomic E-state index is 0.185. The van der Waals surface area contributed by atoms with E-state index in [1.54, 1.807) is 12.5 Å². The van der Waals surface area contributed by atoms with E-state index in [2.05, 4.69) is 34.1 Å². The minimum Gasteiger partial charge on any atom is -0.493 e. The molecule has 0 aliphatic carbocycles. The van der Waals surface area contributed by atoms with Crippen LogP contribution in [0.5, 0.6) is 5.75 Å². The molecule has 0 bridgehead atoms. The Labute approximate surface area is 154 Å². The highest BCUT2D eigenvalue weighted by atomic mass is 16.5. The second kappa shape index (κ2) is 8.52. The van der Waals surface area contributed by atoms with Crippen LogP contribution in [0.4, 0.5) is 5.82 Å². The summed E-state index contributed by atoms with van der Waals surface area (Å²) >= 11 is 0. The van der Waals surface area contributed by atoms with Crippen molar-refractivity contribution in [3.63, 3.8) is 0 Å². The number of imidazole rings is 1. The van der Waals surface area contributed by atoms with E-state index in [-0.39, 0.29) is 5.41 Å². The predicted octanol–water partition coefficient (Wildman–Crippen LogP) is 4.77. The second-order valence-electron chi connectivity index (χ2n) is 7.12. The summed E-state index contributed by atoms with van der Waals surface area (Å²) in [6, 6.07) is 14.0. The fourth-order valence-corrected chi connectivity index (χ4v) is 2.78. The van der Waals surface area contributed by atoms with Gasteiger partial charge in [-0.05, 0) is 42.5 Å². The molecule has 0 aliphatic rings. The van der Waals surface area contributed by atoms with Gasteiger partial charge in [-0.25, -0.2) is 9.97 Å². The van der Waals surface area contributed by atoms with E-state index in [0.29, 0.717) is 6.61 Å². The summed E-state index contributed by atoms with van der Waals surface area (Å²) in [5.41, 5.74) is 2.20. The van der Waals surface area contributed by atoms with Crippen LogP contribution < -0.4 is 10.1 Å². The number of nitrogens with zero attached hydrogens (tertiary/aromatic N) is 2. The van der Waals surface area contributed by atoms with Crippen molar-refractivity contribution in [1.29, 1.82) is 0 Å². The van der Waals surface area contributed by atoms with E-state index in [4.69, 9.17) is 4.74 Å². The molecule has 0 amide bonds. The molecule has 2 heterocycles. The van der Waals surface area contributed by atoms with E-state index in [1.807, 2.05) is 48.7 Å². The van der Waals surface area contributed by atoms with Gasteiger partial charge in [-0.1, -0.05) is 32.0 Å². The first-order valence-corrected chi connectivity index (χ1v) is 9.00. The van der Waals surface area contributed by atoms with Crippen LogP contribution in [0.1, 0.15) is 26.7 Å². The Hall–Kier alpha value is -2.82. The van der Waals surface area contributed by atoms with Crippen molar-refractivity contribution in [2.24, 2.45) is 5.41 Å². The number of ether oxygens (including phenoxy) is 1. The summed E-state index contributed by atoms with van der Waals surface area (Å²) in [6.07, 6.45) is 7.33.